The summed E-state index contributed by atoms with van der Waals surface area (Å²) in [5.74, 6) is -51.0. The summed E-state index contributed by atoms with van der Waals surface area (Å²) in [5.41, 5.74) is 0. The highest BCUT2D eigenvalue weighted by Gasteiger charge is 2.93. The van der Waals surface area contributed by atoms with Gasteiger partial charge >= 0.3 is 47.7 Å². The van der Waals surface area contributed by atoms with Crippen LogP contribution >= 0.6 is 0 Å². The molecule has 2 saturated carbocycles. The Morgan fingerprint density at radius 3 is 1.45 bits per heavy atom. The van der Waals surface area contributed by atoms with Crippen LogP contribution in [0, 0.1) is 17.8 Å². The van der Waals surface area contributed by atoms with Gasteiger partial charge in [-0.1, -0.05) is 19.8 Å². The molecule has 0 aromatic carbocycles. The van der Waals surface area contributed by atoms with Crippen molar-refractivity contribution in [2.45, 2.75) is 119 Å². The van der Waals surface area contributed by atoms with Crippen molar-refractivity contribution in [2.75, 3.05) is 0 Å². The predicted molar refractivity (Wildman–Crippen MR) is 108 cm³/mol. The Bertz CT molecular complexity index is 868. The average Bonchev–Trinajstić information content (AvgIpc) is 2.84. The van der Waals surface area contributed by atoms with Gasteiger partial charge in [-0.25, -0.2) is 0 Å². The topological polar surface area (TPSA) is 26.3 Å². The van der Waals surface area contributed by atoms with Gasteiger partial charge in [-0.15, -0.1) is 0 Å². The van der Waals surface area contributed by atoms with E-state index in [1.165, 1.54) is 0 Å². The Morgan fingerprint density at radius 2 is 1.02 bits per heavy atom. The van der Waals surface area contributed by atoms with Crippen LogP contribution in [-0.2, 0) is 9.53 Å². The van der Waals surface area contributed by atoms with Gasteiger partial charge < -0.3 is 4.74 Å². The van der Waals surface area contributed by atoms with E-state index in [1.807, 2.05) is 6.92 Å². The second-order valence-electron chi connectivity index (χ2n) is 10.4. The van der Waals surface area contributed by atoms with Crippen LogP contribution < -0.4 is 0 Å². The second-order valence-corrected chi connectivity index (χ2v) is 10.4. The molecule has 0 amide bonds. The molecule has 0 spiro atoms. The minimum Gasteiger partial charge on any atom is -0.462 e. The van der Waals surface area contributed by atoms with Crippen LogP contribution in [0.3, 0.4) is 0 Å². The van der Waals surface area contributed by atoms with E-state index >= 15 is 0 Å². The number of esters is 1. The molecule has 236 valence electrons. The summed E-state index contributed by atoms with van der Waals surface area (Å²) >= 11 is 0. The molecule has 0 aromatic rings. The molecule has 0 radical (unpaired) electrons. The lowest BCUT2D eigenvalue weighted by Gasteiger charge is -2.44. The second kappa shape index (κ2) is 11.3. The van der Waals surface area contributed by atoms with Gasteiger partial charge in [-0.3, -0.25) is 4.79 Å². The summed E-state index contributed by atoms with van der Waals surface area (Å²) in [6, 6.07) is 0. The molecular formula is C23H27F15O2. The van der Waals surface area contributed by atoms with Crippen LogP contribution in [0.1, 0.15) is 71.1 Å². The van der Waals surface area contributed by atoms with Crippen molar-refractivity contribution >= 4 is 5.97 Å². The number of carbonyl (C=O) groups is 1. The molecule has 0 saturated heterocycles. The Kier molecular flexibility index (Phi) is 9.74. The van der Waals surface area contributed by atoms with Gasteiger partial charge in [0.1, 0.15) is 6.10 Å². The van der Waals surface area contributed by atoms with Crippen LogP contribution in [-0.4, -0.2) is 53.8 Å². The van der Waals surface area contributed by atoms with Gasteiger partial charge in [-0.05, 0) is 57.3 Å². The zero-order chi connectivity index (χ0) is 31.2. The van der Waals surface area contributed by atoms with Crippen LogP contribution in [0.25, 0.3) is 0 Å². The number of hydrogen-bond donors (Lipinski definition) is 0. The molecule has 2 fully saturated rings. The van der Waals surface area contributed by atoms with Crippen molar-refractivity contribution in [2.24, 2.45) is 17.8 Å². The summed E-state index contributed by atoms with van der Waals surface area (Å²) < 4.78 is 207. The molecule has 2 rings (SSSR count). The molecule has 2 aliphatic carbocycles. The first-order valence-corrected chi connectivity index (χ1v) is 12.4. The van der Waals surface area contributed by atoms with Crippen molar-refractivity contribution < 1.29 is 75.4 Å². The average molecular weight is 620 g/mol. The minimum atomic E-state index is -8.29. The van der Waals surface area contributed by atoms with Crippen LogP contribution in [0.5, 0.6) is 0 Å². The quantitative estimate of drug-likeness (QED) is 0.180. The first-order valence-electron chi connectivity index (χ1n) is 12.4. The Hall–Kier alpha value is -1.58. The molecule has 17 heteroatoms. The lowest BCUT2D eigenvalue weighted by molar-refractivity contribution is -0.455. The smallest absolute Gasteiger partial charge is 0.460 e. The number of hydrogen-bond acceptors (Lipinski definition) is 2. The zero-order valence-corrected chi connectivity index (χ0v) is 20.9. The molecule has 0 N–H and O–H groups in total. The Labute approximate surface area is 219 Å². The van der Waals surface area contributed by atoms with Crippen LogP contribution in [0.15, 0.2) is 0 Å². The third-order valence-corrected chi connectivity index (χ3v) is 7.70. The molecule has 2 aliphatic rings. The van der Waals surface area contributed by atoms with Gasteiger partial charge in [0.25, 0.3) is 0 Å². The maximum absolute atomic E-state index is 14.5. The van der Waals surface area contributed by atoms with E-state index in [9.17, 15) is 70.7 Å². The fourth-order valence-electron chi connectivity index (χ4n) is 5.13. The first-order chi connectivity index (χ1) is 17.9. The third-order valence-electron chi connectivity index (χ3n) is 7.70. The van der Waals surface area contributed by atoms with E-state index in [4.69, 9.17) is 4.74 Å². The summed E-state index contributed by atoms with van der Waals surface area (Å²) in [6.45, 7) is 2.00. The largest absolute Gasteiger partial charge is 0.462 e. The number of alkyl halides is 15. The summed E-state index contributed by atoms with van der Waals surface area (Å²) in [7, 11) is 0. The Morgan fingerprint density at radius 1 is 0.600 bits per heavy atom. The summed E-state index contributed by atoms with van der Waals surface area (Å²) in [6.07, 6.45) is -7.41. The third kappa shape index (κ3) is 5.71. The molecule has 0 aliphatic heterocycles. The Balaban J connectivity index is 2.14. The van der Waals surface area contributed by atoms with E-state index in [1.54, 1.807) is 0 Å². The normalized spacial score (nSPS) is 26.5. The highest BCUT2D eigenvalue weighted by Crippen LogP contribution is 2.63. The molecule has 0 unspecified atom stereocenters. The van der Waals surface area contributed by atoms with E-state index in [0.29, 0.717) is 18.8 Å². The maximum atomic E-state index is 14.5. The summed E-state index contributed by atoms with van der Waals surface area (Å²) in [4.78, 5) is 12.4. The molecule has 0 aromatic heterocycles. The number of ether oxygens (including phenoxy) is 1. The number of halogens is 15. The molecule has 40 heavy (non-hydrogen) atoms. The highest BCUT2D eigenvalue weighted by atomic mass is 19.4. The summed E-state index contributed by atoms with van der Waals surface area (Å²) in [5, 5.41) is 0. The molecular weight excluding hydrogens is 593 g/mol. The van der Waals surface area contributed by atoms with Crippen molar-refractivity contribution in [1.29, 1.82) is 0 Å². The van der Waals surface area contributed by atoms with E-state index in [2.05, 4.69) is 0 Å². The van der Waals surface area contributed by atoms with Gasteiger partial charge in [0, 0.05) is 5.92 Å². The van der Waals surface area contributed by atoms with Crippen molar-refractivity contribution in [1.82, 2.24) is 0 Å². The number of rotatable bonds is 10. The number of carbonyl (C=O) groups excluding carboxylic acids is 1. The molecule has 0 atom stereocenters. The van der Waals surface area contributed by atoms with Crippen molar-refractivity contribution in [3.63, 3.8) is 0 Å². The van der Waals surface area contributed by atoms with Crippen LogP contribution in [0.4, 0.5) is 65.9 Å². The highest BCUT2D eigenvalue weighted by molar-refractivity contribution is 5.72. The standard InChI is InChI=1S/C23H27F15O2/c1-2-3-12-4-10-15(11-5-12)40-16(39)13-6-8-14(9-7-13)17(24,25)18(26,27)19(28,29)20(30,31)21(32,33)22(34,35)23(36,37)38/h12-15H,2-11H2,1H3/t12-,13-,14-,15-. The van der Waals surface area contributed by atoms with E-state index in [0.717, 1.165) is 25.7 Å². The molecule has 0 heterocycles. The van der Waals surface area contributed by atoms with Gasteiger partial charge in [0.15, 0.2) is 0 Å². The van der Waals surface area contributed by atoms with Gasteiger partial charge in [0.05, 0.1) is 5.92 Å². The predicted octanol–water partition coefficient (Wildman–Crippen LogP) is 9.07. The van der Waals surface area contributed by atoms with E-state index in [-0.39, 0.29) is 0 Å². The van der Waals surface area contributed by atoms with Gasteiger partial charge in [-0.2, -0.15) is 65.9 Å². The zero-order valence-electron chi connectivity index (χ0n) is 20.9. The van der Waals surface area contributed by atoms with Crippen molar-refractivity contribution in [3.05, 3.63) is 0 Å². The SMILES string of the molecule is CCC[C@H]1CC[C@H](OC(=O)[C@H]2CC[C@H](C(F)(F)C(F)(F)C(F)(F)C(F)(F)C(F)(F)C(F)(F)C(F)(F)F)CC2)CC1. The lowest BCUT2D eigenvalue weighted by atomic mass is 9.75. The first kappa shape index (κ1) is 34.6. The van der Waals surface area contributed by atoms with E-state index < -0.39 is 91.3 Å². The molecule has 0 bridgehead atoms. The monoisotopic (exact) mass is 620 g/mol. The minimum absolute atomic E-state index is 0.435. The van der Waals surface area contributed by atoms with Crippen LogP contribution in [0.2, 0.25) is 0 Å². The fraction of sp³-hybridized carbons (Fsp3) is 0.957. The fourth-order valence-corrected chi connectivity index (χ4v) is 5.13. The lowest BCUT2D eigenvalue weighted by Crippen LogP contribution is -2.73. The molecule has 2 nitrogen and oxygen atoms in total. The maximum Gasteiger partial charge on any atom is 0.460 e. The van der Waals surface area contributed by atoms with Crippen molar-refractivity contribution in [3.8, 4) is 0 Å². The van der Waals surface area contributed by atoms with Gasteiger partial charge in [0.2, 0.25) is 0 Å².